The van der Waals surface area contributed by atoms with E-state index in [-0.39, 0.29) is 17.8 Å². The number of hydrogen-bond acceptors (Lipinski definition) is 3. The molecule has 0 spiro atoms. The lowest BCUT2D eigenvalue weighted by Gasteiger charge is -2.38. The quantitative estimate of drug-likeness (QED) is 0.885. The van der Waals surface area contributed by atoms with E-state index in [4.69, 9.17) is 10.5 Å². The smallest absolute Gasteiger partial charge is 0.237 e. The topological polar surface area (TPSA) is 64.3 Å². The van der Waals surface area contributed by atoms with E-state index in [0.29, 0.717) is 18.6 Å². The summed E-state index contributed by atoms with van der Waals surface area (Å²) in [5.41, 5.74) is 5.67. The number of hydrogen-bond donors (Lipinski definition) is 2. The number of ether oxygens (including phenoxy) is 1. The summed E-state index contributed by atoms with van der Waals surface area (Å²) in [5, 5.41) is 3.03. The zero-order valence-electron chi connectivity index (χ0n) is 11.9. The van der Waals surface area contributed by atoms with Crippen molar-refractivity contribution in [3.8, 4) is 5.75 Å². The Kier molecular flexibility index (Phi) is 4.28. The summed E-state index contributed by atoms with van der Waals surface area (Å²) in [6.45, 7) is 1.87. The van der Waals surface area contributed by atoms with Crippen LogP contribution in [0.5, 0.6) is 5.75 Å². The van der Waals surface area contributed by atoms with Gasteiger partial charge in [-0.3, -0.25) is 4.79 Å². The lowest BCUT2D eigenvalue weighted by Crippen LogP contribution is -2.58. The van der Waals surface area contributed by atoms with Gasteiger partial charge in [0.2, 0.25) is 5.91 Å². The number of rotatable bonds is 4. The van der Waals surface area contributed by atoms with Gasteiger partial charge in [0.25, 0.3) is 0 Å². The van der Waals surface area contributed by atoms with Crippen molar-refractivity contribution in [3.05, 3.63) is 29.6 Å². The van der Waals surface area contributed by atoms with Crippen LogP contribution in [0.3, 0.4) is 0 Å². The van der Waals surface area contributed by atoms with Gasteiger partial charge in [0.1, 0.15) is 23.2 Å². The molecule has 5 heteroatoms. The summed E-state index contributed by atoms with van der Waals surface area (Å²) in [7, 11) is 1.74. The van der Waals surface area contributed by atoms with Gasteiger partial charge < -0.3 is 15.8 Å². The van der Waals surface area contributed by atoms with E-state index in [1.54, 1.807) is 13.1 Å². The van der Waals surface area contributed by atoms with Gasteiger partial charge in [0, 0.05) is 12.5 Å². The van der Waals surface area contributed by atoms with E-state index in [0.717, 1.165) is 18.4 Å². The first-order valence-electron chi connectivity index (χ1n) is 6.88. The third kappa shape index (κ3) is 2.93. The third-order valence-corrected chi connectivity index (χ3v) is 4.10. The van der Waals surface area contributed by atoms with Crippen LogP contribution in [0, 0.1) is 12.7 Å². The van der Waals surface area contributed by atoms with Crippen LogP contribution in [0.4, 0.5) is 4.39 Å². The Morgan fingerprint density at radius 3 is 2.95 bits per heavy atom. The number of carbonyl (C=O) groups is 1. The normalized spacial score (nSPS) is 26.2. The molecule has 110 valence electrons. The number of amides is 1. The lowest BCUT2D eigenvalue weighted by atomic mass is 9.79. The minimum Gasteiger partial charge on any atom is -0.490 e. The minimum atomic E-state index is -0.718. The highest BCUT2D eigenvalue weighted by molar-refractivity contribution is 5.84. The first kappa shape index (κ1) is 14.8. The fourth-order valence-corrected chi connectivity index (χ4v) is 2.78. The highest BCUT2D eigenvalue weighted by Crippen LogP contribution is 2.32. The van der Waals surface area contributed by atoms with Crippen LogP contribution in [0.25, 0.3) is 0 Å². The number of nitrogens with two attached hydrogens (primary N) is 1. The van der Waals surface area contributed by atoms with Gasteiger partial charge in [-0.25, -0.2) is 4.39 Å². The molecule has 2 atom stereocenters. The van der Waals surface area contributed by atoms with Crippen molar-refractivity contribution in [3.63, 3.8) is 0 Å². The third-order valence-electron chi connectivity index (χ3n) is 4.10. The molecule has 2 unspecified atom stereocenters. The minimum absolute atomic E-state index is 0.135. The van der Waals surface area contributed by atoms with Crippen molar-refractivity contribution in [1.29, 1.82) is 0 Å². The van der Waals surface area contributed by atoms with E-state index < -0.39 is 5.54 Å². The van der Waals surface area contributed by atoms with Gasteiger partial charge in [-0.05, 0) is 44.9 Å². The maximum Gasteiger partial charge on any atom is 0.237 e. The van der Waals surface area contributed by atoms with Crippen LogP contribution in [0.1, 0.15) is 31.2 Å². The van der Waals surface area contributed by atoms with Crippen LogP contribution in [-0.4, -0.2) is 24.6 Å². The summed E-state index contributed by atoms with van der Waals surface area (Å²) in [5.74, 6) is -0.146. The Balaban J connectivity index is 2.13. The highest BCUT2D eigenvalue weighted by Gasteiger charge is 2.41. The van der Waals surface area contributed by atoms with E-state index >= 15 is 0 Å². The maximum atomic E-state index is 13.3. The zero-order chi connectivity index (χ0) is 14.8. The molecule has 1 amide bonds. The average Bonchev–Trinajstić information content (AvgIpc) is 2.43. The van der Waals surface area contributed by atoms with Crippen molar-refractivity contribution in [1.82, 2.24) is 5.32 Å². The lowest BCUT2D eigenvalue weighted by molar-refractivity contribution is -0.126. The summed E-state index contributed by atoms with van der Waals surface area (Å²) in [6.07, 6.45) is 2.77. The molecule has 0 aromatic heterocycles. The Bertz CT molecular complexity index is 507. The largest absolute Gasteiger partial charge is 0.490 e. The molecule has 1 aliphatic carbocycles. The molecule has 3 N–H and O–H groups in total. The van der Waals surface area contributed by atoms with Crippen LogP contribution < -0.4 is 15.8 Å². The van der Waals surface area contributed by atoms with Crippen molar-refractivity contribution < 1.29 is 13.9 Å². The molecule has 4 nitrogen and oxygen atoms in total. The van der Waals surface area contributed by atoms with Gasteiger partial charge in [-0.1, -0.05) is 6.07 Å². The van der Waals surface area contributed by atoms with Gasteiger partial charge in [-0.15, -0.1) is 0 Å². The molecular weight excluding hydrogens is 259 g/mol. The Morgan fingerprint density at radius 2 is 2.30 bits per heavy atom. The molecule has 0 bridgehead atoms. The molecule has 0 saturated heterocycles. The van der Waals surface area contributed by atoms with Crippen molar-refractivity contribution in [2.24, 2.45) is 5.73 Å². The maximum absolute atomic E-state index is 13.3. The predicted octanol–water partition coefficient (Wildman–Crippen LogP) is 1.90. The summed E-state index contributed by atoms with van der Waals surface area (Å²) < 4.78 is 19.2. The number of benzene rings is 1. The van der Waals surface area contributed by atoms with E-state index in [2.05, 4.69) is 5.32 Å². The second-order valence-electron chi connectivity index (χ2n) is 5.44. The summed E-state index contributed by atoms with van der Waals surface area (Å²) in [6, 6.07) is 4.48. The number of nitrogens with one attached hydrogen (secondary N) is 1. The Morgan fingerprint density at radius 1 is 1.55 bits per heavy atom. The molecule has 1 aliphatic rings. The van der Waals surface area contributed by atoms with E-state index in [1.807, 2.05) is 6.92 Å². The first-order valence-corrected chi connectivity index (χ1v) is 6.88. The molecule has 0 aliphatic heterocycles. The number of carbonyl (C=O) groups excluding carboxylic acids is 1. The molecule has 1 fully saturated rings. The second kappa shape index (κ2) is 5.79. The predicted molar refractivity (Wildman–Crippen MR) is 75.0 cm³/mol. The van der Waals surface area contributed by atoms with Crippen LogP contribution >= 0.6 is 0 Å². The Hall–Kier alpha value is -1.62. The molecule has 2 rings (SSSR count). The molecule has 0 heterocycles. The van der Waals surface area contributed by atoms with Crippen LogP contribution in [0.2, 0.25) is 0 Å². The van der Waals surface area contributed by atoms with E-state index in [1.165, 1.54) is 12.1 Å². The number of aryl methyl sites for hydroxylation is 1. The molecule has 20 heavy (non-hydrogen) atoms. The van der Waals surface area contributed by atoms with Crippen LogP contribution in [-0.2, 0) is 4.79 Å². The number of primary amides is 1. The fraction of sp³-hybridized carbons (Fsp3) is 0.533. The van der Waals surface area contributed by atoms with Crippen LogP contribution in [0.15, 0.2) is 18.2 Å². The number of likely N-dealkylation sites (N-methyl/N-ethyl adjacent to an activating group) is 1. The zero-order valence-corrected chi connectivity index (χ0v) is 11.9. The van der Waals surface area contributed by atoms with Crippen molar-refractivity contribution in [2.45, 2.75) is 44.2 Å². The van der Waals surface area contributed by atoms with Crippen molar-refractivity contribution in [2.75, 3.05) is 7.05 Å². The second-order valence-corrected chi connectivity index (χ2v) is 5.44. The standard InChI is InChI=1S/C15H21FN2O2/c1-10-5-6-11(16)8-13(10)20-12-4-3-7-15(9-12,18-2)14(17)19/h5-6,8,12,18H,3-4,7,9H2,1-2H3,(H2,17,19). The summed E-state index contributed by atoms with van der Waals surface area (Å²) in [4.78, 5) is 11.7. The van der Waals surface area contributed by atoms with Gasteiger partial charge in [0.05, 0.1) is 0 Å². The Labute approximate surface area is 118 Å². The van der Waals surface area contributed by atoms with E-state index in [9.17, 15) is 9.18 Å². The van der Waals surface area contributed by atoms with Gasteiger partial charge in [-0.2, -0.15) is 0 Å². The average molecular weight is 280 g/mol. The number of halogens is 1. The monoisotopic (exact) mass is 280 g/mol. The SMILES string of the molecule is CNC1(C(N)=O)CCCC(Oc2cc(F)ccc2C)C1. The molecule has 0 radical (unpaired) electrons. The highest BCUT2D eigenvalue weighted by atomic mass is 19.1. The van der Waals surface area contributed by atoms with Crippen molar-refractivity contribution >= 4 is 5.91 Å². The fourth-order valence-electron chi connectivity index (χ4n) is 2.78. The molecule has 1 saturated carbocycles. The van der Waals surface area contributed by atoms with Gasteiger partial charge >= 0.3 is 0 Å². The molecular formula is C15H21FN2O2. The molecule has 1 aromatic rings. The summed E-state index contributed by atoms with van der Waals surface area (Å²) >= 11 is 0. The van der Waals surface area contributed by atoms with Gasteiger partial charge in [0.15, 0.2) is 0 Å². The molecule has 1 aromatic carbocycles. The first-order chi connectivity index (χ1) is 9.47.